The van der Waals surface area contributed by atoms with Crippen LogP contribution in [0.5, 0.6) is 5.75 Å². The highest BCUT2D eigenvalue weighted by molar-refractivity contribution is 7.12. The largest absolute Gasteiger partial charge is 0.492 e. The number of benzene rings is 1. The Morgan fingerprint density at radius 2 is 2.17 bits per heavy atom. The highest BCUT2D eigenvalue weighted by Gasteiger charge is 2.19. The van der Waals surface area contributed by atoms with E-state index in [-0.39, 0.29) is 5.78 Å². The first kappa shape index (κ1) is 17.2. The minimum Gasteiger partial charge on any atom is -0.492 e. The lowest BCUT2D eigenvalue weighted by Gasteiger charge is -2.12. The molecule has 24 heavy (non-hydrogen) atoms. The second-order valence-corrected chi connectivity index (χ2v) is 7.30. The summed E-state index contributed by atoms with van der Waals surface area (Å²) in [6, 6.07) is 10.7. The van der Waals surface area contributed by atoms with Crippen LogP contribution in [0.4, 0.5) is 0 Å². The van der Waals surface area contributed by atoms with E-state index in [1.165, 1.54) is 29.7 Å². The predicted octanol–water partition coefficient (Wildman–Crippen LogP) is 4.39. The number of nitrogens with one attached hydrogen (secondary N) is 1. The Hall–Kier alpha value is -1.65. The van der Waals surface area contributed by atoms with Crippen molar-refractivity contribution >= 4 is 17.1 Å². The smallest absolute Gasteiger partial charge is 0.176 e. The van der Waals surface area contributed by atoms with Crippen LogP contribution >= 0.6 is 11.3 Å². The summed E-state index contributed by atoms with van der Waals surface area (Å²) in [4.78, 5) is 13.4. The van der Waals surface area contributed by atoms with Gasteiger partial charge in [-0.05, 0) is 50.1 Å². The van der Waals surface area contributed by atoms with Crippen LogP contribution < -0.4 is 10.1 Å². The number of Topliss-reactive ketones (excluding diaryl/α,β-unsaturated/α-hetero) is 1. The minimum absolute atomic E-state index is 0.186. The second-order valence-electron chi connectivity index (χ2n) is 6.42. The van der Waals surface area contributed by atoms with Gasteiger partial charge in [0.2, 0.25) is 0 Å². The average molecular weight is 343 g/mol. The molecule has 1 aliphatic rings. The summed E-state index contributed by atoms with van der Waals surface area (Å²) in [6.45, 7) is 3.81. The monoisotopic (exact) mass is 343 g/mol. The maximum atomic E-state index is 12.6. The van der Waals surface area contributed by atoms with E-state index >= 15 is 0 Å². The molecule has 1 aliphatic heterocycles. The Bertz CT molecular complexity index is 660. The quantitative estimate of drug-likeness (QED) is 0.722. The van der Waals surface area contributed by atoms with Crippen LogP contribution in [0.25, 0.3) is 0 Å². The Morgan fingerprint density at radius 3 is 2.92 bits per heavy atom. The van der Waals surface area contributed by atoms with Crippen LogP contribution in [0.1, 0.15) is 46.5 Å². The molecular weight excluding hydrogens is 318 g/mol. The zero-order valence-corrected chi connectivity index (χ0v) is 15.0. The molecule has 3 nitrogen and oxygen atoms in total. The van der Waals surface area contributed by atoms with E-state index in [1.54, 1.807) is 0 Å². The normalized spacial score (nSPS) is 17.1. The van der Waals surface area contributed by atoms with Crippen molar-refractivity contribution in [3.8, 4) is 5.75 Å². The van der Waals surface area contributed by atoms with Crippen LogP contribution in [-0.4, -0.2) is 25.0 Å². The third kappa shape index (κ3) is 4.46. The molecule has 1 aromatic carbocycles. The van der Waals surface area contributed by atoms with Gasteiger partial charge in [-0.1, -0.05) is 30.3 Å². The number of hydrogen-bond acceptors (Lipinski definition) is 4. The average Bonchev–Trinajstić information content (AvgIpc) is 3.24. The van der Waals surface area contributed by atoms with E-state index in [0.29, 0.717) is 19.1 Å². The van der Waals surface area contributed by atoms with E-state index in [4.69, 9.17) is 4.74 Å². The molecule has 2 aromatic rings. The van der Waals surface area contributed by atoms with Crippen molar-refractivity contribution in [2.75, 3.05) is 13.2 Å². The number of hydrogen-bond donors (Lipinski definition) is 1. The van der Waals surface area contributed by atoms with E-state index in [1.807, 2.05) is 30.5 Å². The molecule has 0 amide bonds. The lowest BCUT2D eigenvalue weighted by Crippen LogP contribution is -2.23. The summed E-state index contributed by atoms with van der Waals surface area (Å²) >= 11 is 1.51. The minimum atomic E-state index is 0.186. The highest BCUT2D eigenvalue weighted by atomic mass is 32.1. The maximum absolute atomic E-state index is 12.6. The molecule has 1 aromatic heterocycles. The van der Waals surface area contributed by atoms with Crippen LogP contribution in [-0.2, 0) is 6.42 Å². The number of ketones is 1. The molecule has 1 saturated heterocycles. The molecule has 1 fully saturated rings. The third-order valence-electron chi connectivity index (χ3n) is 4.53. The number of rotatable bonds is 8. The zero-order chi connectivity index (χ0) is 16.8. The zero-order valence-electron chi connectivity index (χ0n) is 14.2. The first-order chi connectivity index (χ1) is 11.7. The molecular formula is C20H25NO2S. The van der Waals surface area contributed by atoms with E-state index < -0.39 is 0 Å². The van der Waals surface area contributed by atoms with Crippen molar-refractivity contribution in [1.82, 2.24) is 5.32 Å². The van der Waals surface area contributed by atoms with Crippen molar-refractivity contribution in [3.05, 3.63) is 51.7 Å². The lowest BCUT2D eigenvalue weighted by molar-refractivity contribution is 0.0983. The Labute approximate surface area is 148 Å². The fourth-order valence-corrected chi connectivity index (χ4v) is 4.09. The number of carbonyl (C=O) groups excluding carboxylic acids is 1. The second kappa shape index (κ2) is 8.45. The van der Waals surface area contributed by atoms with Crippen LogP contribution in [0.3, 0.4) is 0 Å². The van der Waals surface area contributed by atoms with Gasteiger partial charge in [-0.2, -0.15) is 0 Å². The first-order valence-electron chi connectivity index (χ1n) is 8.75. The van der Waals surface area contributed by atoms with Gasteiger partial charge in [-0.25, -0.2) is 0 Å². The molecule has 1 unspecified atom stereocenters. The summed E-state index contributed by atoms with van der Waals surface area (Å²) in [6.07, 6.45) is 4.81. The van der Waals surface area contributed by atoms with Gasteiger partial charge in [0.25, 0.3) is 0 Å². The van der Waals surface area contributed by atoms with E-state index in [9.17, 15) is 4.79 Å². The number of ether oxygens (including phenoxy) is 1. The van der Waals surface area contributed by atoms with E-state index in [0.717, 1.165) is 35.6 Å². The maximum Gasteiger partial charge on any atom is 0.176 e. The molecule has 0 saturated carbocycles. The fourth-order valence-electron chi connectivity index (χ4n) is 3.13. The molecule has 0 spiro atoms. The van der Waals surface area contributed by atoms with Crippen molar-refractivity contribution in [3.63, 3.8) is 0 Å². The molecule has 128 valence electrons. The van der Waals surface area contributed by atoms with Crippen LogP contribution in [0, 0.1) is 6.92 Å². The fraction of sp³-hybridized carbons (Fsp3) is 0.450. The Balaban J connectivity index is 1.55. The summed E-state index contributed by atoms with van der Waals surface area (Å²) in [5.41, 5.74) is 2.27. The molecule has 0 bridgehead atoms. The summed E-state index contributed by atoms with van der Waals surface area (Å²) < 4.78 is 5.99. The van der Waals surface area contributed by atoms with Gasteiger partial charge in [0, 0.05) is 18.0 Å². The summed E-state index contributed by atoms with van der Waals surface area (Å²) in [5, 5.41) is 5.51. The van der Waals surface area contributed by atoms with Gasteiger partial charge in [-0.3, -0.25) is 4.79 Å². The molecule has 1 atom stereocenters. The SMILES string of the molecule is Cc1csc(C(=O)CCc2ccccc2)c1OCCC1CCCN1. The van der Waals surface area contributed by atoms with Gasteiger partial charge in [0.15, 0.2) is 5.78 Å². The van der Waals surface area contributed by atoms with Gasteiger partial charge in [-0.15, -0.1) is 11.3 Å². The molecule has 2 heterocycles. The molecule has 3 rings (SSSR count). The van der Waals surface area contributed by atoms with Gasteiger partial charge < -0.3 is 10.1 Å². The summed E-state index contributed by atoms with van der Waals surface area (Å²) in [7, 11) is 0. The molecule has 0 aliphatic carbocycles. The number of thiophene rings is 1. The van der Waals surface area contributed by atoms with Crippen molar-refractivity contribution in [2.45, 2.75) is 45.1 Å². The number of carbonyl (C=O) groups is 1. The predicted molar refractivity (Wildman–Crippen MR) is 99.3 cm³/mol. The van der Waals surface area contributed by atoms with E-state index in [2.05, 4.69) is 17.4 Å². The molecule has 4 heteroatoms. The van der Waals surface area contributed by atoms with Gasteiger partial charge in [0.05, 0.1) is 6.61 Å². The van der Waals surface area contributed by atoms with Crippen LogP contribution in [0.15, 0.2) is 35.7 Å². The van der Waals surface area contributed by atoms with Crippen molar-refractivity contribution in [2.24, 2.45) is 0 Å². The highest BCUT2D eigenvalue weighted by Crippen LogP contribution is 2.32. The summed E-state index contributed by atoms with van der Waals surface area (Å²) in [5.74, 6) is 0.988. The van der Waals surface area contributed by atoms with Crippen molar-refractivity contribution < 1.29 is 9.53 Å². The third-order valence-corrected chi connectivity index (χ3v) is 5.65. The molecule has 0 radical (unpaired) electrons. The van der Waals surface area contributed by atoms with Crippen LogP contribution in [0.2, 0.25) is 0 Å². The van der Waals surface area contributed by atoms with Gasteiger partial charge >= 0.3 is 0 Å². The first-order valence-corrected chi connectivity index (χ1v) is 9.63. The Morgan fingerprint density at radius 1 is 1.33 bits per heavy atom. The number of aryl methyl sites for hydroxylation is 2. The van der Waals surface area contributed by atoms with Gasteiger partial charge in [0.1, 0.15) is 10.6 Å². The van der Waals surface area contributed by atoms with Crippen molar-refractivity contribution in [1.29, 1.82) is 0 Å². The standard InChI is InChI=1S/C20H25NO2S/c1-15-14-24-20(18(22)10-9-16-6-3-2-4-7-16)19(15)23-13-11-17-8-5-12-21-17/h2-4,6-7,14,17,21H,5,8-13H2,1H3. The topological polar surface area (TPSA) is 38.3 Å². The lowest BCUT2D eigenvalue weighted by atomic mass is 10.1. The Kier molecular flexibility index (Phi) is 6.05. The molecule has 1 N–H and O–H groups in total.